The standard InChI is InChI=1S/C25H28N4O3S/c1-17(26-18(2)30)19-7-9-20(10-8-19)23(31)16-33-25-21-5-3-4-6-22(21)27-24(28-25)15-29-11-13-32-14-12-29/h3-10,17H,11-16H2,1-2H3,(H,26,30). The Hall–Kier alpha value is -2.81. The molecular weight excluding hydrogens is 436 g/mol. The van der Waals surface area contributed by atoms with E-state index < -0.39 is 0 Å². The van der Waals surface area contributed by atoms with Gasteiger partial charge in [-0.05, 0) is 18.6 Å². The summed E-state index contributed by atoms with van der Waals surface area (Å²) < 4.78 is 5.43. The largest absolute Gasteiger partial charge is 0.379 e. The number of morpholine rings is 1. The number of ether oxygens (including phenoxy) is 1. The Bertz CT molecular complexity index is 1130. The molecule has 0 bridgehead atoms. The van der Waals surface area contributed by atoms with Crippen LogP contribution in [0.1, 0.15) is 41.6 Å². The quantitative estimate of drug-likeness (QED) is 0.310. The van der Waals surface area contributed by atoms with Gasteiger partial charge in [0.05, 0.1) is 37.1 Å². The van der Waals surface area contributed by atoms with Gasteiger partial charge in [0.15, 0.2) is 5.78 Å². The smallest absolute Gasteiger partial charge is 0.217 e. The second kappa shape index (κ2) is 10.9. The van der Waals surface area contributed by atoms with Gasteiger partial charge >= 0.3 is 0 Å². The van der Waals surface area contributed by atoms with Crippen molar-refractivity contribution in [2.45, 2.75) is 31.5 Å². The van der Waals surface area contributed by atoms with Crippen LogP contribution in [0.2, 0.25) is 0 Å². The maximum absolute atomic E-state index is 12.9. The highest BCUT2D eigenvalue weighted by atomic mass is 32.2. The molecule has 0 aliphatic carbocycles. The normalized spacial score (nSPS) is 15.3. The molecule has 3 aromatic rings. The lowest BCUT2D eigenvalue weighted by atomic mass is 10.0. The monoisotopic (exact) mass is 464 g/mol. The molecule has 1 unspecified atom stereocenters. The fourth-order valence-electron chi connectivity index (χ4n) is 3.80. The first-order valence-electron chi connectivity index (χ1n) is 11.1. The Kier molecular flexibility index (Phi) is 7.69. The van der Waals surface area contributed by atoms with Crippen LogP contribution < -0.4 is 5.32 Å². The third-order valence-electron chi connectivity index (χ3n) is 5.58. The number of para-hydroxylation sites is 1. The van der Waals surface area contributed by atoms with Gasteiger partial charge in [0, 0.05) is 31.0 Å². The van der Waals surface area contributed by atoms with Crippen LogP contribution in [0.25, 0.3) is 10.9 Å². The first-order chi connectivity index (χ1) is 16.0. The number of amides is 1. The van der Waals surface area contributed by atoms with Crippen molar-refractivity contribution in [1.82, 2.24) is 20.2 Å². The summed E-state index contributed by atoms with van der Waals surface area (Å²) in [6.45, 7) is 7.28. The Balaban J connectivity index is 1.46. The van der Waals surface area contributed by atoms with Crippen LogP contribution >= 0.6 is 11.8 Å². The van der Waals surface area contributed by atoms with Crippen molar-refractivity contribution in [3.63, 3.8) is 0 Å². The number of nitrogens with zero attached hydrogens (tertiary/aromatic N) is 3. The molecule has 1 aliphatic rings. The summed E-state index contributed by atoms with van der Waals surface area (Å²) in [6, 6.07) is 15.2. The van der Waals surface area contributed by atoms with Crippen molar-refractivity contribution in [3.05, 3.63) is 65.5 Å². The zero-order valence-corrected chi connectivity index (χ0v) is 19.7. The third-order valence-corrected chi connectivity index (χ3v) is 6.57. The number of Topliss-reactive ketones (excluding diaryl/α,β-unsaturated/α-hetero) is 1. The highest BCUT2D eigenvalue weighted by Crippen LogP contribution is 2.26. The van der Waals surface area contributed by atoms with Gasteiger partial charge in [-0.25, -0.2) is 9.97 Å². The maximum atomic E-state index is 12.9. The van der Waals surface area contributed by atoms with Crippen LogP contribution in [-0.4, -0.2) is 58.6 Å². The SMILES string of the molecule is CC(=O)NC(C)c1ccc(C(=O)CSc2nc(CN3CCOCC3)nc3ccccc23)cc1. The molecule has 1 N–H and O–H groups in total. The number of nitrogens with one attached hydrogen (secondary N) is 1. The van der Waals surface area contributed by atoms with Crippen molar-refractivity contribution in [3.8, 4) is 0 Å². The van der Waals surface area contributed by atoms with Crippen LogP contribution in [0, 0.1) is 0 Å². The average molecular weight is 465 g/mol. The lowest BCUT2D eigenvalue weighted by molar-refractivity contribution is -0.119. The molecule has 1 atom stereocenters. The topological polar surface area (TPSA) is 84.4 Å². The van der Waals surface area contributed by atoms with Crippen LogP contribution in [0.5, 0.6) is 0 Å². The van der Waals surface area contributed by atoms with Gasteiger partial charge < -0.3 is 10.1 Å². The summed E-state index contributed by atoms with van der Waals surface area (Å²) in [7, 11) is 0. The fraction of sp³-hybridized carbons (Fsp3) is 0.360. The van der Waals surface area contributed by atoms with E-state index in [2.05, 4.69) is 10.2 Å². The van der Waals surface area contributed by atoms with Crippen LogP contribution in [0.15, 0.2) is 53.6 Å². The molecule has 0 spiro atoms. The van der Waals surface area contributed by atoms with Gasteiger partial charge in [-0.2, -0.15) is 0 Å². The van der Waals surface area contributed by atoms with E-state index >= 15 is 0 Å². The molecule has 1 saturated heterocycles. The van der Waals surface area contributed by atoms with Crippen molar-refractivity contribution in [2.75, 3.05) is 32.1 Å². The number of benzene rings is 2. The first kappa shape index (κ1) is 23.4. The second-order valence-electron chi connectivity index (χ2n) is 8.11. The highest BCUT2D eigenvalue weighted by molar-refractivity contribution is 8.00. The van der Waals surface area contributed by atoms with E-state index in [1.54, 1.807) is 0 Å². The Morgan fingerprint density at radius 3 is 2.55 bits per heavy atom. The molecule has 2 aromatic carbocycles. The summed E-state index contributed by atoms with van der Waals surface area (Å²) in [5.74, 6) is 1.01. The van der Waals surface area contributed by atoms with Crippen LogP contribution in [0.3, 0.4) is 0 Å². The van der Waals surface area contributed by atoms with Crippen molar-refractivity contribution < 1.29 is 14.3 Å². The fourth-order valence-corrected chi connectivity index (χ4v) is 4.73. The molecule has 33 heavy (non-hydrogen) atoms. The molecule has 8 heteroatoms. The number of hydrogen-bond donors (Lipinski definition) is 1. The van der Waals surface area contributed by atoms with E-state index in [1.807, 2.05) is 55.5 Å². The minimum Gasteiger partial charge on any atom is -0.379 e. The number of aromatic nitrogens is 2. The predicted octanol–water partition coefficient (Wildman–Crippen LogP) is 3.63. The highest BCUT2D eigenvalue weighted by Gasteiger charge is 2.16. The minimum atomic E-state index is -0.0988. The Morgan fingerprint density at radius 2 is 1.82 bits per heavy atom. The van der Waals surface area contributed by atoms with E-state index in [1.165, 1.54) is 18.7 Å². The number of carbonyl (C=O) groups excluding carboxylic acids is 2. The van der Waals surface area contributed by atoms with Gasteiger partial charge in [0.1, 0.15) is 10.9 Å². The molecule has 0 radical (unpaired) electrons. The van der Waals surface area contributed by atoms with Crippen LogP contribution in [0.4, 0.5) is 0 Å². The summed E-state index contributed by atoms with van der Waals surface area (Å²) in [5, 5.41) is 4.64. The Labute approximate surface area is 197 Å². The van der Waals surface area contributed by atoms with Gasteiger partial charge in [0.2, 0.25) is 5.91 Å². The molecular formula is C25H28N4O3S. The molecule has 172 valence electrons. The average Bonchev–Trinajstić information content (AvgIpc) is 2.82. The first-order valence-corrected chi connectivity index (χ1v) is 12.1. The number of ketones is 1. The second-order valence-corrected chi connectivity index (χ2v) is 9.07. The zero-order chi connectivity index (χ0) is 23.2. The molecule has 4 rings (SSSR count). The molecule has 1 aliphatic heterocycles. The number of thioether (sulfide) groups is 1. The number of fused-ring (bicyclic) bond motifs is 1. The predicted molar refractivity (Wildman–Crippen MR) is 129 cm³/mol. The van der Waals surface area contributed by atoms with E-state index in [9.17, 15) is 9.59 Å². The summed E-state index contributed by atoms with van der Waals surface area (Å²) in [6.07, 6.45) is 0. The lowest BCUT2D eigenvalue weighted by Gasteiger charge is -2.25. The van der Waals surface area contributed by atoms with Gasteiger partial charge in [-0.15, -0.1) is 0 Å². The summed E-state index contributed by atoms with van der Waals surface area (Å²) >= 11 is 1.45. The minimum absolute atomic E-state index is 0.0381. The summed E-state index contributed by atoms with van der Waals surface area (Å²) in [5.41, 5.74) is 2.50. The van der Waals surface area contributed by atoms with E-state index in [0.29, 0.717) is 17.9 Å². The van der Waals surface area contributed by atoms with Crippen molar-refractivity contribution >= 4 is 34.4 Å². The van der Waals surface area contributed by atoms with Gasteiger partial charge in [-0.1, -0.05) is 54.2 Å². The molecule has 1 fully saturated rings. The van der Waals surface area contributed by atoms with Gasteiger partial charge in [-0.3, -0.25) is 14.5 Å². The third kappa shape index (κ3) is 6.16. The lowest BCUT2D eigenvalue weighted by Crippen LogP contribution is -2.36. The number of hydrogen-bond acceptors (Lipinski definition) is 7. The van der Waals surface area contributed by atoms with Gasteiger partial charge in [0.25, 0.3) is 0 Å². The Morgan fingerprint density at radius 1 is 1.09 bits per heavy atom. The number of rotatable bonds is 8. The van der Waals surface area contributed by atoms with E-state index in [0.717, 1.165) is 53.6 Å². The van der Waals surface area contributed by atoms with E-state index in [-0.39, 0.29) is 17.7 Å². The molecule has 7 nitrogen and oxygen atoms in total. The zero-order valence-electron chi connectivity index (χ0n) is 18.9. The summed E-state index contributed by atoms with van der Waals surface area (Å²) in [4.78, 5) is 36.0. The molecule has 1 amide bonds. The molecule has 0 saturated carbocycles. The van der Waals surface area contributed by atoms with Crippen molar-refractivity contribution in [2.24, 2.45) is 0 Å². The van der Waals surface area contributed by atoms with E-state index in [4.69, 9.17) is 14.7 Å². The maximum Gasteiger partial charge on any atom is 0.217 e. The van der Waals surface area contributed by atoms with Crippen molar-refractivity contribution in [1.29, 1.82) is 0 Å². The molecule has 2 heterocycles. The molecule has 1 aromatic heterocycles. The number of carbonyl (C=O) groups is 2. The van der Waals surface area contributed by atoms with Crippen LogP contribution in [-0.2, 0) is 16.1 Å².